The van der Waals surface area contributed by atoms with Crippen LogP contribution in [0.4, 0.5) is 0 Å². The molecule has 0 saturated carbocycles. The van der Waals surface area contributed by atoms with Crippen molar-refractivity contribution in [3.05, 3.63) is 23.3 Å². The van der Waals surface area contributed by atoms with Crippen molar-refractivity contribution < 1.29 is 0 Å². The molecular formula is C15H24. The van der Waals surface area contributed by atoms with Crippen molar-refractivity contribution >= 4 is 0 Å². The highest BCUT2D eigenvalue weighted by molar-refractivity contribution is 5.27. The van der Waals surface area contributed by atoms with E-state index in [1.807, 2.05) is 5.57 Å². The monoisotopic (exact) mass is 204 g/mol. The normalized spacial score (nSPS) is 36.3. The Morgan fingerprint density at radius 2 is 1.73 bits per heavy atom. The van der Waals surface area contributed by atoms with E-state index in [2.05, 4.69) is 27.4 Å². The summed E-state index contributed by atoms with van der Waals surface area (Å²) >= 11 is 0. The molecular weight excluding hydrogens is 180 g/mol. The lowest BCUT2D eigenvalue weighted by Crippen LogP contribution is -2.04. The van der Waals surface area contributed by atoms with E-state index in [9.17, 15) is 0 Å². The predicted octanol–water partition coefficient (Wildman–Crippen LogP) is 4.73. The van der Waals surface area contributed by atoms with Crippen molar-refractivity contribution in [1.29, 1.82) is 0 Å². The van der Waals surface area contributed by atoms with Gasteiger partial charge in [0.05, 0.1) is 0 Å². The lowest BCUT2D eigenvalue weighted by molar-refractivity contribution is 0.476. The summed E-state index contributed by atoms with van der Waals surface area (Å²) < 4.78 is 0. The molecule has 0 nitrogen and oxygen atoms in total. The van der Waals surface area contributed by atoms with Crippen molar-refractivity contribution in [1.82, 2.24) is 0 Å². The summed E-state index contributed by atoms with van der Waals surface area (Å²) in [5.41, 5.74) is 5.01. The predicted molar refractivity (Wildman–Crippen MR) is 66.7 cm³/mol. The molecule has 0 aromatic heterocycles. The first-order chi connectivity index (χ1) is 7.09. The van der Waals surface area contributed by atoms with Gasteiger partial charge < -0.3 is 0 Å². The van der Waals surface area contributed by atoms with Crippen molar-refractivity contribution in [3.8, 4) is 0 Å². The van der Waals surface area contributed by atoms with Gasteiger partial charge in [0.2, 0.25) is 0 Å². The van der Waals surface area contributed by atoms with Gasteiger partial charge in [-0.15, -0.1) is 0 Å². The Bertz CT molecular complexity index is 295. The minimum Gasteiger partial charge on any atom is -0.0998 e. The first kappa shape index (κ1) is 11.0. The van der Waals surface area contributed by atoms with Gasteiger partial charge in [0, 0.05) is 0 Å². The molecule has 2 rings (SSSR count). The van der Waals surface area contributed by atoms with Crippen LogP contribution in [0.15, 0.2) is 23.3 Å². The molecule has 0 fully saturated rings. The van der Waals surface area contributed by atoms with Crippen LogP contribution in [0.2, 0.25) is 0 Å². The quantitative estimate of drug-likeness (QED) is 0.542. The molecule has 0 aliphatic heterocycles. The van der Waals surface area contributed by atoms with Crippen molar-refractivity contribution in [2.45, 2.75) is 52.9 Å². The van der Waals surface area contributed by atoms with Crippen molar-refractivity contribution in [2.75, 3.05) is 0 Å². The molecule has 3 atom stereocenters. The van der Waals surface area contributed by atoms with Crippen LogP contribution < -0.4 is 0 Å². The topological polar surface area (TPSA) is 0 Å². The SMILES string of the molecule is C=C(C)[C@@H]1CC[C@@H](C)C2=C(C1)[C@H](C)CC2. The van der Waals surface area contributed by atoms with E-state index in [-0.39, 0.29) is 0 Å². The van der Waals surface area contributed by atoms with Crippen LogP contribution in [-0.4, -0.2) is 0 Å². The molecule has 0 amide bonds. The van der Waals surface area contributed by atoms with E-state index in [1.54, 1.807) is 5.57 Å². The van der Waals surface area contributed by atoms with E-state index in [1.165, 1.54) is 37.7 Å². The zero-order chi connectivity index (χ0) is 11.0. The Kier molecular flexibility index (Phi) is 3.04. The lowest BCUT2D eigenvalue weighted by Gasteiger charge is -2.18. The summed E-state index contributed by atoms with van der Waals surface area (Å²) in [4.78, 5) is 0. The molecule has 0 bridgehead atoms. The van der Waals surface area contributed by atoms with Crippen molar-refractivity contribution in [2.24, 2.45) is 17.8 Å². The summed E-state index contributed by atoms with van der Waals surface area (Å²) in [7, 11) is 0. The van der Waals surface area contributed by atoms with Gasteiger partial charge >= 0.3 is 0 Å². The smallest absolute Gasteiger partial charge is 0.0171 e. The molecule has 0 unspecified atom stereocenters. The molecule has 2 aliphatic carbocycles. The lowest BCUT2D eigenvalue weighted by atomic mass is 9.88. The molecule has 0 aromatic carbocycles. The van der Waals surface area contributed by atoms with Crippen molar-refractivity contribution in [3.63, 3.8) is 0 Å². The van der Waals surface area contributed by atoms with Gasteiger partial charge in [0.15, 0.2) is 0 Å². The highest BCUT2D eigenvalue weighted by Crippen LogP contribution is 2.45. The Morgan fingerprint density at radius 3 is 2.40 bits per heavy atom. The first-order valence-corrected chi connectivity index (χ1v) is 6.46. The van der Waals surface area contributed by atoms with Crippen LogP contribution in [0.1, 0.15) is 52.9 Å². The third kappa shape index (κ3) is 2.04. The molecule has 0 radical (unpaired) electrons. The Hall–Kier alpha value is -0.520. The fourth-order valence-corrected chi connectivity index (χ4v) is 3.33. The summed E-state index contributed by atoms with van der Waals surface area (Å²) in [6.07, 6.45) is 6.83. The number of allylic oxidation sites excluding steroid dienone is 3. The van der Waals surface area contributed by atoms with Crippen LogP contribution in [0.5, 0.6) is 0 Å². The summed E-state index contributed by atoms with van der Waals surface area (Å²) in [5, 5.41) is 0. The zero-order valence-corrected chi connectivity index (χ0v) is 10.5. The van der Waals surface area contributed by atoms with E-state index < -0.39 is 0 Å². The number of rotatable bonds is 1. The number of hydrogen-bond donors (Lipinski definition) is 0. The van der Waals surface area contributed by atoms with Crippen LogP contribution in [0.25, 0.3) is 0 Å². The second-order valence-corrected chi connectivity index (χ2v) is 5.72. The fraction of sp³-hybridized carbons (Fsp3) is 0.733. The third-order valence-corrected chi connectivity index (χ3v) is 4.56. The zero-order valence-electron chi connectivity index (χ0n) is 10.5. The highest BCUT2D eigenvalue weighted by Gasteiger charge is 2.30. The minimum atomic E-state index is 0.764. The number of hydrogen-bond acceptors (Lipinski definition) is 0. The fourth-order valence-electron chi connectivity index (χ4n) is 3.33. The molecule has 0 aromatic rings. The van der Waals surface area contributed by atoms with Gasteiger partial charge in [-0.05, 0) is 56.8 Å². The largest absolute Gasteiger partial charge is 0.0998 e. The first-order valence-electron chi connectivity index (χ1n) is 6.46. The van der Waals surface area contributed by atoms with Gasteiger partial charge in [-0.1, -0.05) is 37.1 Å². The van der Waals surface area contributed by atoms with Gasteiger partial charge in [-0.3, -0.25) is 0 Å². The van der Waals surface area contributed by atoms with E-state index >= 15 is 0 Å². The Balaban J connectivity index is 2.23. The maximum absolute atomic E-state index is 4.16. The molecule has 0 heteroatoms. The summed E-state index contributed by atoms with van der Waals surface area (Å²) in [6, 6.07) is 0. The maximum atomic E-state index is 4.16. The standard InChI is InChI=1S/C15H24/c1-10(2)13-7-5-11(3)14-8-6-12(4)15(14)9-13/h11-13H,1,5-9H2,2-4H3/t11-,12-,13-/m1/s1. The molecule has 84 valence electrons. The van der Waals surface area contributed by atoms with Crippen LogP contribution >= 0.6 is 0 Å². The van der Waals surface area contributed by atoms with Gasteiger partial charge in [0.1, 0.15) is 0 Å². The minimum absolute atomic E-state index is 0.764. The van der Waals surface area contributed by atoms with E-state index in [0.29, 0.717) is 0 Å². The Labute approximate surface area is 94.5 Å². The van der Waals surface area contributed by atoms with Crippen LogP contribution in [0, 0.1) is 17.8 Å². The average molecular weight is 204 g/mol. The average Bonchev–Trinajstić information content (AvgIpc) is 2.43. The maximum Gasteiger partial charge on any atom is -0.0171 e. The van der Waals surface area contributed by atoms with Gasteiger partial charge in [0.25, 0.3) is 0 Å². The second-order valence-electron chi connectivity index (χ2n) is 5.72. The molecule has 0 spiro atoms. The molecule has 0 heterocycles. The third-order valence-electron chi connectivity index (χ3n) is 4.56. The summed E-state index contributed by atoms with van der Waals surface area (Å²) in [5.74, 6) is 2.46. The molecule has 0 N–H and O–H groups in total. The molecule has 0 saturated heterocycles. The summed E-state index contributed by atoms with van der Waals surface area (Å²) in [6.45, 7) is 11.2. The Morgan fingerprint density at radius 1 is 1.07 bits per heavy atom. The van der Waals surface area contributed by atoms with Crippen LogP contribution in [0.3, 0.4) is 0 Å². The van der Waals surface area contributed by atoms with Gasteiger partial charge in [-0.2, -0.15) is 0 Å². The second kappa shape index (κ2) is 4.15. The van der Waals surface area contributed by atoms with Gasteiger partial charge in [-0.25, -0.2) is 0 Å². The highest BCUT2D eigenvalue weighted by atomic mass is 14.4. The van der Waals surface area contributed by atoms with E-state index in [0.717, 1.165) is 17.8 Å². The molecule has 2 aliphatic rings. The molecule has 15 heavy (non-hydrogen) atoms. The van der Waals surface area contributed by atoms with E-state index in [4.69, 9.17) is 0 Å². The van der Waals surface area contributed by atoms with Crippen LogP contribution in [-0.2, 0) is 0 Å².